The number of rotatable bonds is 7. The van der Waals surface area contributed by atoms with Crippen molar-refractivity contribution in [3.8, 4) is 5.88 Å². The van der Waals surface area contributed by atoms with Gasteiger partial charge >= 0.3 is 0 Å². The molecular weight excluding hydrogens is 340 g/mol. The van der Waals surface area contributed by atoms with Crippen molar-refractivity contribution in [2.45, 2.75) is 26.8 Å². The largest absolute Gasteiger partial charge is 0.467 e. The Morgan fingerprint density at radius 2 is 1.85 bits per heavy atom. The van der Waals surface area contributed by atoms with Gasteiger partial charge in [0, 0.05) is 24.0 Å². The number of ether oxygens (including phenoxy) is 1. The van der Waals surface area contributed by atoms with E-state index in [9.17, 15) is 4.79 Å². The molecule has 0 aliphatic rings. The molecule has 0 aliphatic carbocycles. The van der Waals surface area contributed by atoms with Crippen LogP contribution in [0.2, 0.25) is 0 Å². The summed E-state index contributed by atoms with van der Waals surface area (Å²) in [6.45, 7) is 7.27. The number of nitrogens with one attached hydrogen (secondary N) is 1. The number of amides is 1. The van der Waals surface area contributed by atoms with Crippen LogP contribution in [0, 0.1) is 0 Å². The summed E-state index contributed by atoms with van der Waals surface area (Å²) in [6.07, 6.45) is 1.43. The molecule has 0 spiro atoms. The van der Waals surface area contributed by atoms with E-state index in [0.29, 0.717) is 11.9 Å². The van der Waals surface area contributed by atoms with Crippen LogP contribution in [-0.2, 0) is 4.79 Å². The number of nitrogens with zero attached hydrogens (tertiary/aromatic N) is 3. The minimum Gasteiger partial charge on any atom is -0.467 e. The molecule has 2 aromatic carbocycles. The van der Waals surface area contributed by atoms with Gasteiger partial charge in [0.05, 0.1) is 10.9 Å². The monoisotopic (exact) mass is 364 g/mol. The molecule has 1 aromatic heterocycles. The minimum absolute atomic E-state index is 0.115. The van der Waals surface area contributed by atoms with E-state index in [-0.39, 0.29) is 12.5 Å². The van der Waals surface area contributed by atoms with Crippen LogP contribution >= 0.6 is 0 Å². The van der Waals surface area contributed by atoms with Crippen molar-refractivity contribution in [1.29, 1.82) is 0 Å². The Morgan fingerprint density at radius 1 is 1.11 bits per heavy atom. The summed E-state index contributed by atoms with van der Waals surface area (Å²) in [5.41, 5.74) is 2.65. The van der Waals surface area contributed by atoms with E-state index in [1.165, 1.54) is 6.33 Å². The Hall–Kier alpha value is -3.15. The highest BCUT2D eigenvalue weighted by atomic mass is 16.5. The molecule has 3 rings (SSSR count). The topological polar surface area (TPSA) is 67.4 Å². The summed E-state index contributed by atoms with van der Waals surface area (Å²) in [5.74, 6) is 0.170. The van der Waals surface area contributed by atoms with E-state index in [2.05, 4.69) is 41.0 Å². The van der Waals surface area contributed by atoms with Gasteiger partial charge in [-0.15, -0.1) is 0 Å². The fraction of sp³-hybridized carbons (Fsp3) is 0.286. The lowest BCUT2D eigenvalue weighted by Gasteiger charge is -2.27. The smallest absolute Gasteiger partial charge is 0.262 e. The van der Waals surface area contributed by atoms with Crippen LogP contribution in [0.3, 0.4) is 0 Å². The number of hydrogen-bond acceptors (Lipinski definition) is 5. The number of carbonyl (C=O) groups excluding carboxylic acids is 1. The second-order valence-electron chi connectivity index (χ2n) is 6.46. The Labute approximate surface area is 159 Å². The third kappa shape index (κ3) is 4.53. The van der Waals surface area contributed by atoms with Gasteiger partial charge in [-0.05, 0) is 57.2 Å². The first-order valence-electron chi connectivity index (χ1n) is 9.07. The highest BCUT2D eigenvalue weighted by Crippen LogP contribution is 2.21. The predicted octanol–water partition coefficient (Wildman–Crippen LogP) is 3.88. The van der Waals surface area contributed by atoms with Crippen molar-refractivity contribution in [3.63, 3.8) is 0 Å². The first kappa shape index (κ1) is 18.6. The highest BCUT2D eigenvalue weighted by Gasteiger charge is 2.10. The SMILES string of the molecule is CCN(c1ccc(NC(=O)COc2ncnc3ccccc23)cc1)C(C)C. The van der Waals surface area contributed by atoms with Crippen molar-refractivity contribution in [3.05, 3.63) is 54.9 Å². The molecule has 6 nitrogen and oxygen atoms in total. The molecule has 3 aromatic rings. The number of fused-ring (bicyclic) bond motifs is 1. The summed E-state index contributed by atoms with van der Waals surface area (Å²) in [4.78, 5) is 22.8. The molecule has 140 valence electrons. The summed E-state index contributed by atoms with van der Waals surface area (Å²) in [6, 6.07) is 15.8. The summed E-state index contributed by atoms with van der Waals surface area (Å²) < 4.78 is 5.59. The minimum atomic E-state index is -0.235. The van der Waals surface area contributed by atoms with E-state index < -0.39 is 0 Å². The third-order valence-electron chi connectivity index (χ3n) is 4.29. The van der Waals surface area contributed by atoms with Gasteiger partial charge in [0.2, 0.25) is 5.88 Å². The maximum Gasteiger partial charge on any atom is 0.262 e. The standard InChI is InChI=1S/C21H24N4O2/c1-4-25(15(2)3)17-11-9-16(10-12-17)24-20(26)13-27-21-18-7-5-6-8-19(18)22-14-23-21/h5-12,14-15H,4,13H2,1-3H3,(H,24,26). The van der Waals surface area contributed by atoms with E-state index in [1.54, 1.807) is 0 Å². The molecule has 0 aliphatic heterocycles. The second kappa shape index (κ2) is 8.49. The van der Waals surface area contributed by atoms with E-state index >= 15 is 0 Å². The van der Waals surface area contributed by atoms with E-state index in [1.807, 2.05) is 48.5 Å². The number of benzene rings is 2. The van der Waals surface area contributed by atoms with Gasteiger partial charge in [-0.3, -0.25) is 4.79 Å². The van der Waals surface area contributed by atoms with E-state index in [0.717, 1.165) is 28.8 Å². The van der Waals surface area contributed by atoms with Crippen molar-refractivity contribution in [2.24, 2.45) is 0 Å². The van der Waals surface area contributed by atoms with Crippen LogP contribution in [0.1, 0.15) is 20.8 Å². The van der Waals surface area contributed by atoms with Gasteiger partial charge < -0.3 is 15.0 Å². The molecular formula is C21H24N4O2. The Morgan fingerprint density at radius 3 is 2.56 bits per heavy atom. The number of anilines is 2. The average Bonchev–Trinajstić information content (AvgIpc) is 2.68. The zero-order chi connectivity index (χ0) is 19.2. The number of hydrogen-bond donors (Lipinski definition) is 1. The quantitative estimate of drug-likeness (QED) is 0.689. The molecule has 0 saturated carbocycles. The predicted molar refractivity (Wildman–Crippen MR) is 108 cm³/mol. The molecule has 1 N–H and O–H groups in total. The number of carbonyl (C=O) groups is 1. The molecule has 0 radical (unpaired) electrons. The molecule has 1 heterocycles. The average molecular weight is 364 g/mol. The fourth-order valence-electron chi connectivity index (χ4n) is 3.01. The molecule has 0 atom stereocenters. The Balaban J connectivity index is 1.61. The zero-order valence-corrected chi connectivity index (χ0v) is 15.8. The summed E-state index contributed by atoms with van der Waals surface area (Å²) in [7, 11) is 0. The highest BCUT2D eigenvalue weighted by molar-refractivity contribution is 5.92. The molecule has 0 fully saturated rings. The summed E-state index contributed by atoms with van der Waals surface area (Å²) in [5, 5.41) is 3.63. The van der Waals surface area contributed by atoms with Crippen molar-refractivity contribution < 1.29 is 9.53 Å². The summed E-state index contributed by atoms with van der Waals surface area (Å²) >= 11 is 0. The normalized spacial score (nSPS) is 10.8. The van der Waals surface area contributed by atoms with Crippen molar-refractivity contribution >= 4 is 28.2 Å². The van der Waals surface area contributed by atoms with Crippen molar-refractivity contribution in [2.75, 3.05) is 23.4 Å². The van der Waals surface area contributed by atoms with Crippen molar-refractivity contribution in [1.82, 2.24) is 9.97 Å². The lowest BCUT2D eigenvalue weighted by atomic mass is 10.2. The van der Waals surface area contributed by atoms with Crippen LogP contribution in [-0.4, -0.2) is 35.1 Å². The van der Waals surface area contributed by atoms with Crippen LogP contribution in [0.4, 0.5) is 11.4 Å². The first-order chi connectivity index (χ1) is 13.1. The van der Waals surface area contributed by atoms with Gasteiger partial charge in [0.15, 0.2) is 6.61 Å². The zero-order valence-electron chi connectivity index (χ0n) is 15.8. The van der Waals surface area contributed by atoms with Gasteiger partial charge in [0.25, 0.3) is 5.91 Å². The lowest BCUT2D eigenvalue weighted by molar-refractivity contribution is -0.118. The maximum absolute atomic E-state index is 12.2. The second-order valence-corrected chi connectivity index (χ2v) is 6.46. The molecule has 0 unspecified atom stereocenters. The maximum atomic E-state index is 12.2. The van der Waals surface area contributed by atoms with Gasteiger partial charge in [-0.1, -0.05) is 12.1 Å². The van der Waals surface area contributed by atoms with Gasteiger partial charge in [-0.2, -0.15) is 0 Å². The van der Waals surface area contributed by atoms with Crippen LogP contribution in [0.15, 0.2) is 54.9 Å². The molecule has 1 amide bonds. The van der Waals surface area contributed by atoms with Gasteiger partial charge in [-0.25, -0.2) is 9.97 Å². The fourth-order valence-corrected chi connectivity index (χ4v) is 3.01. The lowest BCUT2D eigenvalue weighted by Crippen LogP contribution is -2.30. The number of para-hydroxylation sites is 1. The van der Waals surface area contributed by atoms with Crippen LogP contribution < -0.4 is 15.0 Å². The Kier molecular flexibility index (Phi) is 5.86. The van der Waals surface area contributed by atoms with Gasteiger partial charge in [0.1, 0.15) is 6.33 Å². The van der Waals surface area contributed by atoms with Crippen LogP contribution in [0.5, 0.6) is 5.88 Å². The molecule has 0 bridgehead atoms. The third-order valence-corrected chi connectivity index (χ3v) is 4.29. The first-order valence-corrected chi connectivity index (χ1v) is 9.07. The molecule has 27 heavy (non-hydrogen) atoms. The molecule has 6 heteroatoms. The molecule has 0 saturated heterocycles. The Bertz CT molecular complexity index is 904. The number of aromatic nitrogens is 2. The van der Waals surface area contributed by atoms with E-state index in [4.69, 9.17) is 4.74 Å². The van der Waals surface area contributed by atoms with Crippen LogP contribution in [0.25, 0.3) is 10.9 Å².